The van der Waals surface area contributed by atoms with Gasteiger partial charge in [0.25, 0.3) is 0 Å². The van der Waals surface area contributed by atoms with Gasteiger partial charge in [0.15, 0.2) is 0 Å². The molecule has 3 aromatic rings. The molecule has 2 fully saturated rings. The van der Waals surface area contributed by atoms with Gasteiger partial charge in [-0.15, -0.1) is 0 Å². The summed E-state index contributed by atoms with van der Waals surface area (Å²) in [5.41, 5.74) is 6.95. The molecule has 9 heteroatoms. The third kappa shape index (κ3) is 3.65. The number of nitrogens with one attached hydrogen (secondary N) is 1. The minimum Gasteiger partial charge on any atom is -0.383 e. The van der Waals surface area contributed by atoms with Crippen molar-refractivity contribution in [3.8, 4) is 0 Å². The van der Waals surface area contributed by atoms with Gasteiger partial charge in [-0.25, -0.2) is 14.6 Å². The van der Waals surface area contributed by atoms with Crippen LogP contribution >= 0.6 is 11.6 Å². The molecule has 0 spiro atoms. The van der Waals surface area contributed by atoms with Crippen molar-refractivity contribution in [2.24, 2.45) is 5.92 Å². The largest absolute Gasteiger partial charge is 0.383 e. The van der Waals surface area contributed by atoms with Crippen LogP contribution in [0.25, 0.3) is 10.8 Å². The lowest BCUT2D eigenvalue weighted by atomic mass is 10.1. The van der Waals surface area contributed by atoms with Crippen LogP contribution < -0.4 is 11.1 Å². The summed E-state index contributed by atoms with van der Waals surface area (Å²) in [7, 11) is 0. The molecule has 2 aliphatic rings. The van der Waals surface area contributed by atoms with Gasteiger partial charge in [-0.1, -0.05) is 11.6 Å². The average Bonchev–Trinajstić information content (AvgIpc) is 3.37. The summed E-state index contributed by atoms with van der Waals surface area (Å²) in [5, 5.41) is 9.14. The van der Waals surface area contributed by atoms with E-state index >= 15 is 0 Å². The molecular formula is C20H21ClN6O2. The van der Waals surface area contributed by atoms with E-state index < -0.39 is 0 Å². The standard InChI is InChI=1S/C20H21ClN6O2/c21-16-5-11-6-17(23-9-15(11)19(22)25-16)26-20(28)14-7-13(14)12-8-24-27(10-12)18-3-1-2-4-29-18/h5-6,8-10,13-14,18H,1-4,7H2,(H2,22,25)(H,23,26,28)/t13-,14+,18+/m0/s1. The molecule has 3 N–H and O–H groups in total. The Kier molecular flexibility index (Phi) is 4.60. The Labute approximate surface area is 172 Å². The van der Waals surface area contributed by atoms with Crippen LogP contribution in [0.15, 0.2) is 30.7 Å². The molecule has 1 aliphatic carbocycles. The second kappa shape index (κ2) is 7.27. The number of anilines is 2. The third-order valence-corrected chi connectivity index (χ3v) is 5.79. The van der Waals surface area contributed by atoms with Crippen LogP contribution in [0.4, 0.5) is 11.6 Å². The summed E-state index contributed by atoms with van der Waals surface area (Å²) in [5.74, 6) is 0.849. The zero-order valence-electron chi connectivity index (χ0n) is 15.7. The van der Waals surface area contributed by atoms with E-state index in [2.05, 4.69) is 20.4 Å². The minimum absolute atomic E-state index is 0.0130. The molecule has 1 saturated heterocycles. The Balaban J connectivity index is 1.26. The lowest BCUT2D eigenvalue weighted by Crippen LogP contribution is -2.18. The molecule has 1 amide bonds. The average molecular weight is 413 g/mol. The number of aromatic nitrogens is 4. The Morgan fingerprint density at radius 3 is 3.03 bits per heavy atom. The number of carbonyl (C=O) groups is 1. The highest BCUT2D eigenvalue weighted by molar-refractivity contribution is 6.30. The number of rotatable bonds is 4. The topological polar surface area (TPSA) is 108 Å². The molecule has 8 nitrogen and oxygen atoms in total. The maximum atomic E-state index is 12.7. The number of hydrogen-bond acceptors (Lipinski definition) is 6. The van der Waals surface area contributed by atoms with Gasteiger partial charge < -0.3 is 15.8 Å². The highest BCUT2D eigenvalue weighted by atomic mass is 35.5. The lowest BCUT2D eigenvalue weighted by molar-refractivity contribution is -0.117. The van der Waals surface area contributed by atoms with Crippen LogP contribution in [0, 0.1) is 5.92 Å². The van der Waals surface area contributed by atoms with Gasteiger partial charge >= 0.3 is 0 Å². The Morgan fingerprint density at radius 2 is 2.21 bits per heavy atom. The molecule has 5 rings (SSSR count). The van der Waals surface area contributed by atoms with Crippen LogP contribution in [0.5, 0.6) is 0 Å². The normalized spacial score (nSPS) is 23.8. The molecule has 4 heterocycles. The molecular weight excluding hydrogens is 392 g/mol. The number of ether oxygens (including phenoxy) is 1. The number of nitrogen functional groups attached to an aromatic ring is 1. The van der Waals surface area contributed by atoms with E-state index in [1.54, 1.807) is 18.3 Å². The molecule has 3 atom stereocenters. The highest BCUT2D eigenvalue weighted by Crippen LogP contribution is 2.48. The van der Waals surface area contributed by atoms with Crippen molar-refractivity contribution in [2.75, 3.05) is 17.7 Å². The molecule has 0 radical (unpaired) electrons. The quantitative estimate of drug-likeness (QED) is 0.635. The second-order valence-corrected chi connectivity index (χ2v) is 8.02. The van der Waals surface area contributed by atoms with E-state index in [0.717, 1.165) is 43.2 Å². The fraction of sp³-hybridized carbons (Fsp3) is 0.400. The van der Waals surface area contributed by atoms with Crippen LogP contribution in [0.3, 0.4) is 0 Å². The predicted octanol–water partition coefficient (Wildman–Crippen LogP) is 3.50. The number of nitrogens with two attached hydrogens (primary N) is 1. The molecule has 0 aromatic carbocycles. The summed E-state index contributed by atoms with van der Waals surface area (Å²) < 4.78 is 7.66. The van der Waals surface area contributed by atoms with Gasteiger partial charge in [-0.05, 0) is 54.7 Å². The number of hydrogen-bond donors (Lipinski definition) is 2. The first-order chi connectivity index (χ1) is 14.1. The summed E-state index contributed by atoms with van der Waals surface area (Å²) in [6.45, 7) is 0.778. The highest BCUT2D eigenvalue weighted by Gasteiger charge is 2.45. The zero-order valence-corrected chi connectivity index (χ0v) is 16.5. The summed E-state index contributed by atoms with van der Waals surface area (Å²) in [6, 6.07) is 3.46. The molecule has 1 saturated carbocycles. The van der Waals surface area contributed by atoms with Crippen LogP contribution in [-0.4, -0.2) is 32.3 Å². The van der Waals surface area contributed by atoms with Gasteiger partial charge in [-0.3, -0.25) is 4.79 Å². The predicted molar refractivity (Wildman–Crippen MR) is 110 cm³/mol. The maximum absolute atomic E-state index is 12.7. The Bertz CT molecular complexity index is 1080. The number of halogens is 1. The monoisotopic (exact) mass is 412 g/mol. The van der Waals surface area contributed by atoms with Gasteiger partial charge in [0, 0.05) is 30.3 Å². The number of carbonyl (C=O) groups excluding carboxylic acids is 1. The van der Waals surface area contributed by atoms with Crippen molar-refractivity contribution in [3.05, 3.63) is 41.4 Å². The van der Waals surface area contributed by atoms with Crippen molar-refractivity contribution in [2.45, 2.75) is 37.8 Å². The SMILES string of the molecule is Nc1nc(Cl)cc2cc(NC(=O)[C@@H]3C[C@H]3c3cnn([C@H]4CCCCO4)c3)ncc12. The number of nitrogens with zero attached hydrogens (tertiary/aromatic N) is 4. The first-order valence-corrected chi connectivity index (χ1v) is 10.1. The summed E-state index contributed by atoms with van der Waals surface area (Å²) in [4.78, 5) is 21.0. The van der Waals surface area contributed by atoms with Gasteiger partial charge in [0.2, 0.25) is 5.91 Å². The summed E-state index contributed by atoms with van der Waals surface area (Å²) >= 11 is 5.97. The molecule has 29 heavy (non-hydrogen) atoms. The van der Waals surface area contributed by atoms with E-state index in [1.807, 2.05) is 17.1 Å². The van der Waals surface area contributed by atoms with Crippen LogP contribution in [0.1, 0.15) is 43.4 Å². The van der Waals surface area contributed by atoms with Gasteiger partial charge in [0.1, 0.15) is 23.0 Å². The molecule has 0 bridgehead atoms. The lowest BCUT2D eigenvalue weighted by Gasteiger charge is -2.22. The third-order valence-electron chi connectivity index (χ3n) is 5.59. The van der Waals surface area contributed by atoms with Crippen LogP contribution in [-0.2, 0) is 9.53 Å². The van der Waals surface area contributed by atoms with Crippen LogP contribution in [0.2, 0.25) is 5.15 Å². The van der Waals surface area contributed by atoms with E-state index in [9.17, 15) is 4.79 Å². The fourth-order valence-corrected chi connectivity index (χ4v) is 4.12. The Hall–Kier alpha value is -2.71. The molecule has 0 unspecified atom stereocenters. The van der Waals surface area contributed by atoms with Crippen molar-refractivity contribution >= 4 is 39.9 Å². The molecule has 1 aliphatic heterocycles. The van der Waals surface area contributed by atoms with E-state index in [-0.39, 0.29) is 24.0 Å². The maximum Gasteiger partial charge on any atom is 0.229 e. The number of amides is 1. The van der Waals surface area contributed by atoms with Crippen molar-refractivity contribution in [3.63, 3.8) is 0 Å². The van der Waals surface area contributed by atoms with Gasteiger partial charge in [0.05, 0.1) is 6.20 Å². The minimum atomic E-state index is -0.0801. The van der Waals surface area contributed by atoms with Gasteiger partial charge in [-0.2, -0.15) is 5.10 Å². The van der Waals surface area contributed by atoms with E-state index in [0.29, 0.717) is 22.2 Å². The number of fused-ring (bicyclic) bond motifs is 1. The molecule has 3 aromatic heterocycles. The molecule has 150 valence electrons. The van der Waals surface area contributed by atoms with E-state index in [4.69, 9.17) is 22.1 Å². The smallest absolute Gasteiger partial charge is 0.229 e. The van der Waals surface area contributed by atoms with Crippen molar-refractivity contribution in [1.29, 1.82) is 0 Å². The van der Waals surface area contributed by atoms with Crippen molar-refractivity contribution < 1.29 is 9.53 Å². The summed E-state index contributed by atoms with van der Waals surface area (Å²) in [6.07, 6.45) is 9.52. The Morgan fingerprint density at radius 1 is 1.31 bits per heavy atom. The first-order valence-electron chi connectivity index (χ1n) is 9.77. The zero-order chi connectivity index (χ0) is 20.0. The van der Waals surface area contributed by atoms with Crippen molar-refractivity contribution in [1.82, 2.24) is 19.7 Å². The number of pyridine rings is 2. The first kappa shape index (κ1) is 18.3. The fourth-order valence-electron chi connectivity index (χ4n) is 3.91. The van der Waals surface area contributed by atoms with E-state index in [1.165, 1.54) is 0 Å². The second-order valence-electron chi connectivity index (χ2n) is 7.63.